The molecule has 0 aliphatic heterocycles. The average Bonchev–Trinajstić information content (AvgIpc) is 2.53. The maximum absolute atomic E-state index is 5.88. The summed E-state index contributed by atoms with van der Waals surface area (Å²) >= 11 is 7.72. The van der Waals surface area contributed by atoms with Gasteiger partial charge < -0.3 is 5.32 Å². The summed E-state index contributed by atoms with van der Waals surface area (Å²) in [6.07, 6.45) is 3.44. The largest absolute Gasteiger partial charge is 0.314 e. The molecule has 1 aliphatic rings. The van der Waals surface area contributed by atoms with Crippen LogP contribution in [0, 0.1) is 0 Å². The van der Waals surface area contributed by atoms with Crippen LogP contribution in [-0.4, -0.2) is 18.0 Å². The van der Waals surface area contributed by atoms with E-state index in [-0.39, 0.29) is 0 Å². The van der Waals surface area contributed by atoms with Gasteiger partial charge in [0.1, 0.15) is 0 Å². The normalized spacial score (nSPS) is 27.2. The van der Waals surface area contributed by atoms with E-state index in [0.717, 1.165) is 25.8 Å². The van der Waals surface area contributed by atoms with Gasteiger partial charge in [0.25, 0.3) is 0 Å². The van der Waals surface area contributed by atoms with Crippen LogP contribution in [0.4, 0.5) is 0 Å². The summed E-state index contributed by atoms with van der Waals surface area (Å²) in [6.45, 7) is 1.09. The van der Waals surface area contributed by atoms with Crippen molar-refractivity contribution in [2.45, 2.75) is 30.7 Å². The van der Waals surface area contributed by atoms with Crippen molar-refractivity contribution < 1.29 is 0 Å². The summed E-state index contributed by atoms with van der Waals surface area (Å²) < 4.78 is 0. The van der Waals surface area contributed by atoms with Gasteiger partial charge in [-0.1, -0.05) is 6.07 Å². The fourth-order valence-electron chi connectivity index (χ4n) is 1.57. The lowest BCUT2D eigenvalue weighted by atomic mass is 9.92. The molecular weight excluding hydrogens is 202 g/mol. The zero-order valence-corrected chi connectivity index (χ0v) is 9.07. The highest BCUT2D eigenvalue weighted by molar-refractivity contribution is 7.09. The zero-order valence-electron chi connectivity index (χ0n) is 7.50. The van der Waals surface area contributed by atoms with Gasteiger partial charge in [-0.3, -0.25) is 0 Å². The zero-order chi connectivity index (χ0) is 9.10. The highest BCUT2D eigenvalue weighted by atomic mass is 35.5. The van der Waals surface area contributed by atoms with E-state index < -0.39 is 0 Å². The van der Waals surface area contributed by atoms with Gasteiger partial charge in [0.05, 0.1) is 0 Å². The third-order valence-corrected chi connectivity index (χ3v) is 3.76. The number of rotatable bonds is 4. The lowest BCUT2D eigenvalue weighted by Gasteiger charge is -2.31. The first-order chi connectivity index (χ1) is 6.34. The predicted molar refractivity (Wildman–Crippen MR) is 58.7 cm³/mol. The minimum atomic E-state index is 0.430. The summed E-state index contributed by atoms with van der Waals surface area (Å²) in [5, 5.41) is 6.07. The van der Waals surface area contributed by atoms with Crippen molar-refractivity contribution in [3.05, 3.63) is 22.4 Å². The lowest BCUT2D eigenvalue weighted by Crippen LogP contribution is -2.42. The molecule has 0 atom stereocenters. The highest BCUT2D eigenvalue weighted by Crippen LogP contribution is 2.25. The Kier molecular flexibility index (Phi) is 3.25. The number of hydrogen-bond acceptors (Lipinski definition) is 2. The standard InChI is InChI=1S/C10H14ClNS/c11-8-6-9(7-8)12-4-3-10-2-1-5-13-10/h1-2,5,8-9,12H,3-4,6-7H2. The first-order valence-corrected chi connectivity index (χ1v) is 6.06. The van der Waals surface area contributed by atoms with E-state index in [1.54, 1.807) is 0 Å². The molecule has 1 aliphatic carbocycles. The van der Waals surface area contributed by atoms with Gasteiger partial charge in [0.2, 0.25) is 0 Å². The minimum Gasteiger partial charge on any atom is -0.314 e. The molecule has 72 valence electrons. The summed E-state index contributed by atoms with van der Waals surface area (Å²) in [4.78, 5) is 1.47. The molecule has 1 N–H and O–H groups in total. The SMILES string of the molecule is ClC1CC(NCCc2cccs2)C1. The van der Waals surface area contributed by atoms with E-state index in [9.17, 15) is 0 Å². The van der Waals surface area contributed by atoms with Crippen molar-refractivity contribution in [1.29, 1.82) is 0 Å². The van der Waals surface area contributed by atoms with Crippen LogP contribution in [0.15, 0.2) is 17.5 Å². The Labute approximate surface area is 88.1 Å². The quantitative estimate of drug-likeness (QED) is 0.762. The molecule has 0 radical (unpaired) electrons. The molecule has 0 bridgehead atoms. The smallest absolute Gasteiger partial charge is 0.0365 e. The van der Waals surface area contributed by atoms with E-state index >= 15 is 0 Å². The van der Waals surface area contributed by atoms with Crippen LogP contribution in [0.5, 0.6) is 0 Å². The lowest BCUT2D eigenvalue weighted by molar-refractivity contribution is 0.349. The molecule has 0 amide bonds. The van der Waals surface area contributed by atoms with Crippen LogP contribution in [0.1, 0.15) is 17.7 Å². The Hall–Kier alpha value is -0.0500. The molecule has 1 nitrogen and oxygen atoms in total. The second-order valence-corrected chi connectivity index (χ2v) is 5.20. The van der Waals surface area contributed by atoms with Gasteiger partial charge in [0.15, 0.2) is 0 Å². The number of hydrogen-bond donors (Lipinski definition) is 1. The Morgan fingerprint density at radius 1 is 1.54 bits per heavy atom. The van der Waals surface area contributed by atoms with Crippen molar-refractivity contribution in [2.75, 3.05) is 6.54 Å². The molecule has 1 saturated carbocycles. The molecule has 2 rings (SSSR count). The molecule has 1 aromatic rings. The van der Waals surface area contributed by atoms with E-state index in [0.29, 0.717) is 11.4 Å². The fraction of sp³-hybridized carbons (Fsp3) is 0.600. The average molecular weight is 216 g/mol. The number of halogens is 1. The van der Waals surface area contributed by atoms with Crippen LogP contribution >= 0.6 is 22.9 Å². The van der Waals surface area contributed by atoms with Crippen LogP contribution in [0.25, 0.3) is 0 Å². The van der Waals surface area contributed by atoms with Crippen LogP contribution in [0.3, 0.4) is 0 Å². The maximum Gasteiger partial charge on any atom is 0.0365 e. The Balaban J connectivity index is 1.59. The molecule has 0 unspecified atom stereocenters. The second-order valence-electron chi connectivity index (χ2n) is 3.55. The Morgan fingerprint density at radius 3 is 3.00 bits per heavy atom. The monoisotopic (exact) mass is 215 g/mol. The Bertz CT molecular complexity index is 241. The molecule has 0 spiro atoms. The third kappa shape index (κ3) is 2.70. The van der Waals surface area contributed by atoms with Crippen molar-refractivity contribution in [2.24, 2.45) is 0 Å². The second kappa shape index (κ2) is 4.45. The summed E-state index contributed by atoms with van der Waals surface area (Å²) in [7, 11) is 0. The van der Waals surface area contributed by atoms with Crippen LogP contribution < -0.4 is 5.32 Å². The van der Waals surface area contributed by atoms with Crippen molar-refractivity contribution in [3.8, 4) is 0 Å². The highest BCUT2D eigenvalue weighted by Gasteiger charge is 2.26. The fourth-order valence-corrected chi connectivity index (χ4v) is 2.71. The van der Waals surface area contributed by atoms with Crippen molar-refractivity contribution in [1.82, 2.24) is 5.32 Å². The predicted octanol–water partition coefficient (Wildman–Crippen LogP) is 2.65. The molecular formula is C10H14ClNS. The minimum absolute atomic E-state index is 0.430. The molecule has 0 aromatic carbocycles. The van der Waals surface area contributed by atoms with Gasteiger partial charge in [-0.15, -0.1) is 22.9 Å². The molecule has 13 heavy (non-hydrogen) atoms. The first kappa shape index (κ1) is 9.50. The summed E-state index contributed by atoms with van der Waals surface area (Å²) in [5.74, 6) is 0. The Morgan fingerprint density at radius 2 is 2.38 bits per heavy atom. The number of alkyl halides is 1. The number of thiophene rings is 1. The van der Waals surface area contributed by atoms with Gasteiger partial charge >= 0.3 is 0 Å². The molecule has 3 heteroatoms. The van der Waals surface area contributed by atoms with Crippen molar-refractivity contribution >= 4 is 22.9 Å². The topological polar surface area (TPSA) is 12.0 Å². The van der Waals surface area contributed by atoms with E-state index in [1.807, 2.05) is 11.3 Å². The van der Waals surface area contributed by atoms with E-state index in [1.165, 1.54) is 4.88 Å². The van der Waals surface area contributed by atoms with E-state index in [4.69, 9.17) is 11.6 Å². The van der Waals surface area contributed by atoms with Crippen molar-refractivity contribution in [3.63, 3.8) is 0 Å². The first-order valence-electron chi connectivity index (χ1n) is 4.74. The van der Waals surface area contributed by atoms with Gasteiger partial charge in [-0.05, 0) is 30.7 Å². The van der Waals surface area contributed by atoms with Gasteiger partial charge in [0, 0.05) is 22.8 Å². The summed E-state index contributed by atoms with van der Waals surface area (Å²) in [6, 6.07) is 4.98. The third-order valence-electron chi connectivity index (χ3n) is 2.47. The molecule has 1 fully saturated rings. The number of nitrogens with one attached hydrogen (secondary N) is 1. The maximum atomic E-state index is 5.88. The molecule has 1 heterocycles. The van der Waals surface area contributed by atoms with E-state index in [2.05, 4.69) is 22.8 Å². The molecule has 0 saturated heterocycles. The van der Waals surface area contributed by atoms with Crippen LogP contribution in [0.2, 0.25) is 0 Å². The van der Waals surface area contributed by atoms with Crippen LogP contribution in [-0.2, 0) is 6.42 Å². The van der Waals surface area contributed by atoms with Gasteiger partial charge in [-0.2, -0.15) is 0 Å². The summed E-state index contributed by atoms with van der Waals surface area (Å²) in [5.41, 5.74) is 0. The van der Waals surface area contributed by atoms with Gasteiger partial charge in [-0.25, -0.2) is 0 Å². The molecule has 1 aromatic heterocycles.